The van der Waals surface area contributed by atoms with Gasteiger partial charge in [0.05, 0.1) is 27.0 Å². The van der Waals surface area contributed by atoms with E-state index in [-0.39, 0.29) is 0 Å². The molecule has 7 heteroatoms. The second-order valence-electron chi connectivity index (χ2n) is 2.77. The van der Waals surface area contributed by atoms with Gasteiger partial charge in [0.25, 0.3) is 11.3 Å². The molecule has 0 bridgehead atoms. The van der Waals surface area contributed by atoms with E-state index in [1.807, 2.05) is 0 Å². The Kier molecular flexibility index (Phi) is 4.39. The van der Waals surface area contributed by atoms with Crippen LogP contribution in [0.15, 0.2) is 12.1 Å². The normalized spacial score (nSPS) is 11.8. The van der Waals surface area contributed by atoms with E-state index in [2.05, 4.69) is 4.72 Å². The van der Waals surface area contributed by atoms with Gasteiger partial charge in [-0.3, -0.25) is 9.27 Å². The summed E-state index contributed by atoms with van der Waals surface area (Å²) in [5.74, 6) is 1.25. The molecule has 0 aliphatic carbocycles. The van der Waals surface area contributed by atoms with Crippen molar-refractivity contribution in [3.63, 3.8) is 0 Å². The van der Waals surface area contributed by atoms with Crippen LogP contribution in [0.3, 0.4) is 0 Å². The van der Waals surface area contributed by atoms with Crippen LogP contribution in [0, 0.1) is 0 Å². The van der Waals surface area contributed by atoms with E-state index < -0.39 is 11.3 Å². The zero-order chi connectivity index (χ0) is 12.1. The van der Waals surface area contributed by atoms with E-state index in [4.69, 9.17) is 18.8 Å². The van der Waals surface area contributed by atoms with Gasteiger partial charge in [0.1, 0.15) is 0 Å². The van der Waals surface area contributed by atoms with Crippen molar-refractivity contribution in [1.82, 2.24) is 0 Å². The molecular weight excluding hydrogens is 234 g/mol. The van der Waals surface area contributed by atoms with Crippen molar-refractivity contribution in [3.8, 4) is 17.2 Å². The first kappa shape index (κ1) is 12.6. The van der Waals surface area contributed by atoms with Crippen molar-refractivity contribution in [2.45, 2.75) is 0 Å². The van der Waals surface area contributed by atoms with Gasteiger partial charge in [0.2, 0.25) is 5.75 Å². The van der Waals surface area contributed by atoms with Crippen LogP contribution in [0.25, 0.3) is 0 Å². The predicted molar refractivity (Wildman–Crippen MR) is 60.5 cm³/mol. The molecule has 0 aromatic heterocycles. The number of rotatable bonds is 5. The molecule has 16 heavy (non-hydrogen) atoms. The van der Waals surface area contributed by atoms with Crippen LogP contribution in [-0.4, -0.2) is 30.1 Å². The molecule has 1 atom stereocenters. The summed E-state index contributed by atoms with van der Waals surface area (Å²) in [6.45, 7) is 0. The summed E-state index contributed by atoms with van der Waals surface area (Å²) >= 11 is -2.15. The minimum Gasteiger partial charge on any atom is -0.493 e. The fraction of sp³-hybridized carbons (Fsp3) is 0.333. The smallest absolute Gasteiger partial charge is 0.259 e. The van der Waals surface area contributed by atoms with E-state index in [1.165, 1.54) is 33.5 Å². The van der Waals surface area contributed by atoms with Crippen LogP contribution in [-0.2, 0) is 11.3 Å². The Morgan fingerprint density at radius 1 is 1.12 bits per heavy atom. The van der Waals surface area contributed by atoms with Gasteiger partial charge in [-0.15, -0.1) is 0 Å². The molecule has 1 unspecified atom stereocenters. The molecule has 0 heterocycles. The first-order valence-corrected chi connectivity index (χ1v) is 5.40. The lowest BCUT2D eigenvalue weighted by molar-refractivity contribution is 0.324. The molecule has 0 radical (unpaired) electrons. The summed E-state index contributed by atoms with van der Waals surface area (Å²) in [6.07, 6.45) is 0. The topological polar surface area (TPSA) is 77.0 Å². The zero-order valence-electron chi connectivity index (χ0n) is 9.14. The molecule has 0 saturated heterocycles. The van der Waals surface area contributed by atoms with Gasteiger partial charge < -0.3 is 14.2 Å². The molecule has 1 rings (SSSR count). The number of ether oxygens (including phenoxy) is 3. The SMILES string of the molecule is COc1cc(NS(=O)O)cc(OC)c1OC. The van der Waals surface area contributed by atoms with Gasteiger partial charge in [-0.05, 0) is 0 Å². The van der Waals surface area contributed by atoms with E-state index in [0.717, 1.165) is 0 Å². The minimum absolute atomic E-state index is 0.398. The van der Waals surface area contributed by atoms with Crippen molar-refractivity contribution < 1.29 is 23.0 Å². The molecule has 90 valence electrons. The maximum Gasteiger partial charge on any atom is 0.259 e. The monoisotopic (exact) mass is 247 g/mol. The molecule has 6 nitrogen and oxygen atoms in total. The fourth-order valence-corrected chi connectivity index (χ4v) is 1.56. The quantitative estimate of drug-likeness (QED) is 0.766. The van der Waals surface area contributed by atoms with Gasteiger partial charge in [0.15, 0.2) is 11.5 Å². The molecular formula is C9H13NO5S. The molecule has 0 spiro atoms. The van der Waals surface area contributed by atoms with Crippen LogP contribution in [0.5, 0.6) is 17.2 Å². The van der Waals surface area contributed by atoms with Crippen molar-refractivity contribution in [1.29, 1.82) is 0 Å². The Bertz CT molecular complexity index is 370. The molecule has 2 N–H and O–H groups in total. The Balaban J connectivity index is 3.20. The minimum atomic E-state index is -2.15. The average Bonchev–Trinajstić information content (AvgIpc) is 2.26. The standard InChI is InChI=1S/C9H13NO5S/c1-13-7-4-6(10-16(11)12)5-8(14-2)9(7)15-3/h4-5,10H,1-3H3,(H,11,12). The van der Waals surface area contributed by atoms with Gasteiger partial charge >= 0.3 is 0 Å². The molecule has 0 saturated carbocycles. The lowest BCUT2D eigenvalue weighted by Crippen LogP contribution is -2.03. The average molecular weight is 247 g/mol. The Hall–Kier alpha value is -1.47. The highest BCUT2D eigenvalue weighted by Crippen LogP contribution is 2.39. The van der Waals surface area contributed by atoms with Crippen molar-refractivity contribution in [2.24, 2.45) is 0 Å². The second-order valence-corrected chi connectivity index (χ2v) is 3.47. The van der Waals surface area contributed by atoms with Gasteiger partial charge in [0, 0.05) is 12.1 Å². The van der Waals surface area contributed by atoms with Crippen LogP contribution >= 0.6 is 0 Å². The summed E-state index contributed by atoms with van der Waals surface area (Å²) in [5, 5.41) is 0. The number of benzene rings is 1. The van der Waals surface area contributed by atoms with Crippen molar-refractivity contribution >= 4 is 17.0 Å². The third-order valence-electron chi connectivity index (χ3n) is 1.87. The largest absolute Gasteiger partial charge is 0.493 e. The summed E-state index contributed by atoms with van der Waals surface area (Å²) in [4.78, 5) is 0. The summed E-state index contributed by atoms with van der Waals surface area (Å²) in [6, 6.07) is 3.07. The predicted octanol–water partition coefficient (Wildman–Crippen LogP) is 1.26. The van der Waals surface area contributed by atoms with E-state index in [0.29, 0.717) is 22.9 Å². The molecule has 0 aliphatic rings. The number of methoxy groups -OCH3 is 3. The van der Waals surface area contributed by atoms with Crippen LogP contribution in [0.2, 0.25) is 0 Å². The van der Waals surface area contributed by atoms with E-state index >= 15 is 0 Å². The highest BCUT2D eigenvalue weighted by atomic mass is 32.2. The molecule has 1 aromatic rings. The zero-order valence-corrected chi connectivity index (χ0v) is 9.96. The van der Waals surface area contributed by atoms with Crippen molar-refractivity contribution in [3.05, 3.63) is 12.1 Å². The summed E-state index contributed by atoms with van der Waals surface area (Å²) in [7, 11) is 4.42. The number of anilines is 1. The lowest BCUT2D eigenvalue weighted by atomic mass is 10.2. The van der Waals surface area contributed by atoms with Crippen LogP contribution in [0.4, 0.5) is 5.69 Å². The third kappa shape index (κ3) is 2.77. The van der Waals surface area contributed by atoms with E-state index in [1.54, 1.807) is 0 Å². The maximum atomic E-state index is 10.6. The fourth-order valence-electron chi connectivity index (χ4n) is 1.24. The van der Waals surface area contributed by atoms with Gasteiger partial charge in [-0.1, -0.05) is 0 Å². The first-order chi connectivity index (χ1) is 7.62. The first-order valence-electron chi connectivity index (χ1n) is 4.30. The molecule has 1 aromatic carbocycles. The summed E-state index contributed by atoms with van der Waals surface area (Å²) in [5.41, 5.74) is 0.398. The lowest BCUT2D eigenvalue weighted by Gasteiger charge is -2.13. The van der Waals surface area contributed by atoms with Gasteiger partial charge in [-0.25, -0.2) is 4.21 Å². The number of hydrogen-bond acceptors (Lipinski definition) is 4. The second kappa shape index (κ2) is 5.57. The van der Waals surface area contributed by atoms with Crippen molar-refractivity contribution in [2.75, 3.05) is 26.1 Å². The maximum absolute atomic E-state index is 10.6. The number of nitrogens with one attached hydrogen (secondary N) is 1. The molecule has 0 aliphatic heterocycles. The highest BCUT2D eigenvalue weighted by molar-refractivity contribution is 7.80. The van der Waals surface area contributed by atoms with Crippen LogP contribution in [0.1, 0.15) is 0 Å². The van der Waals surface area contributed by atoms with Gasteiger partial charge in [-0.2, -0.15) is 0 Å². The summed E-state index contributed by atoms with van der Waals surface area (Å²) < 4.78 is 36.9. The molecule has 0 amide bonds. The van der Waals surface area contributed by atoms with E-state index in [9.17, 15) is 4.21 Å². The Morgan fingerprint density at radius 3 is 1.94 bits per heavy atom. The number of hydrogen-bond donors (Lipinski definition) is 2. The Morgan fingerprint density at radius 2 is 1.62 bits per heavy atom. The van der Waals surface area contributed by atoms with Crippen LogP contribution < -0.4 is 18.9 Å². The Labute approximate surface area is 95.9 Å². The molecule has 0 fully saturated rings. The highest BCUT2D eigenvalue weighted by Gasteiger charge is 2.13. The third-order valence-corrected chi connectivity index (χ3v) is 2.28.